The minimum atomic E-state index is -4.64. The van der Waals surface area contributed by atoms with Crippen LogP contribution in [0.15, 0.2) is 72.9 Å². The molecule has 0 aliphatic heterocycles. The molecule has 0 heterocycles. The summed E-state index contributed by atoms with van der Waals surface area (Å²) in [6.45, 7) is 2.23. The van der Waals surface area contributed by atoms with Crippen molar-refractivity contribution < 1.29 is 47.8 Å². The first-order valence-electron chi connectivity index (χ1n) is 20.9. The summed E-state index contributed by atoms with van der Waals surface area (Å²) < 4.78 is 32.6. The van der Waals surface area contributed by atoms with Gasteiger partial charge in [-0.25, -0.2) is 4.57 Å². The summed E-state index contributed by atoms with van der Waals surface area (Å²) in [4.78, 5) is 34.9. The summed E-state index contributed by atoms with van der Waals surface area (Å²) in [5, 5.41) is 18.3. The Kier molecular flexibility index (Phi) is 37.8. The van der Waals surface area contributed by atoms with Crippen LogP contribution in [-0.2, 0) is 32.7 Å². The molecule has 3 N–H and O–H groups in total. The second-order valence-corrected chi connectivity index (χ2v) is 15.1. The van der Waals surface area contributed by atoms with Crippen LogP contribution in [0.2, 0.25) is 0 Å². The number of ether oxygens (including phenoxy) is 2. The first-order valence-corrected chi connectivity index (χ1v) is 22.4. The zero-order chi connectivity index (χ0) is 40.5. The third-order valence-electron chi connectivity index (χ3n) is 8.33. The number of aliphatic hydroxyl groups excluding tert-OH is 2. The molecule has 55 heavy (non-hydrogen) atoms. The van der Waals surface area contributed by atoms with Gasteiger partial charge in [0.1, 0.15) is 12.7 Å². The van der Waals surface area contributed by atoms with Crippen LogP contribution < -0.4 is 0 Å². The fraction of sp³-hybridized carbons (Fsp3) is 0.682. The maximum absolute atomic E-state index is 12.6. The molecule has 10 nitrogen and oxygen atoms in total. The van der Waals surface area contributed by atoms with Crippen molar-refractivity contribution >= 4 is 19.8 Å². The minimum absolute atomic E-state index is 0.126. The Morgan fingerprint density at radius 1 is 0.545 bits per heavy atom. The first-order chi connectivity index (χ1) is 26.7. The zero-order valence-electron chi connectivity index (χ0n) is 34.1. The number of aliphatic hydroxyl groups is 2. The van der Waals surface area contributed by atoms with Crippen LogP contribution in [-0.4, -0.2) is 65.7 Å². The molecular formula is C44H75O10P. The number of carbonyl (C=O) groups is 2. The van der Waals surface area contributed by atoms with E-state index in [0.29, 0.717) is 12.8 Å². The van der Waals surface area contributed by atoms with Gasteiger partial charge in [0.25, 0.3) is 0 Å². The topological polar surface area (TPSA) is 149 Å². The molecule has 0 aromatic carbocycles. The summed E-state index contributed by atoms with van der Waals surface area (Å²) in [5.74, 6) is -1.00. The lowest BCUT2D eigenvalue weighted by atomic mass is 10.1. The second-order valence-electron chi connectivity index (χ2n) is 13.7. The lowest BCUT2D eigenvalue weighted by Crippen LogP contribution is -2.29. The first kappa shape index (κ1) is 52.4. The van der Waals surface area contributed by atoms with Gasteiger partial charge in [-0.1, -0.05) is 125 Å². The molecule has 0 spiro atoms. The highest BCUT2D eigenvalue weighted by Gasteiger charge is 2.27. The molecule has 0 amide bonds. The number of unbranched alkanes of at least 4 members (excludes halogenated alkanes) is 12. The molecule has 0 radical (unpaired) electrons. The number of carbonyl (C=O) groups excluding carboxylic acids is 2. The molecule has 0 aromatic heterocycles. The van der Waals surface area contributed by atoms with Gasteiger partial charge >= 0.3 is 19.8 Å². The van der Waals surface area contributed by atoms with Gasteiger partial charge in [0.15, 0.2) is 6.10 Å². The van der Waals surface area contributed by atoms with Crippen molar-refractivity contribution in [2.45, 2.75) is 167 Å². The Morgan fingerprint density at radius 3 is 1.44 bits per heavy atom. The molecule has 0 rings (SSSR count). The SMILES string of the molecule is CCCCC/C=C/C/C=C/C/C=C/CCCCCCC(=O)OC[C@H](COP(=O)(O)OC[C@@H](O)CO)OC(=O)CCCC/C=C/C/C=C/C/C=C/CCCCC. The number of hydrogen-bond donors (Lipinski definition) is 3. The van der Waals surface area contributed by atoms with Crippen molar-refractivity contribution in [2.75, 3.05) is 26.4 Å². The molecule has 0 saturated carbocycles. The van der Waals surface area contributed by atoms with E-state index in [1.54, 1.807) is 0 Å². The van der Waals surface area contributed by atoms with Crippen molar-refractivity contribution in [2.24, 2.45) is 0 Å². The van der Waals surface area contributed by atoms with E-state index in [9.17, 15) is 24.2 Å². The van der Waals surface area contributed by atoms with Gasteiger partial charge in [0.05, 0.1) is 19.8 Å². The fourth-order valence-electron chi connectivity index (χ4n) is 5.06. The maximum Gasteiger partial charge on any atom is 0.472 e. The molecule has 0 aliphatic carbocycles. The van der Waals surface area contributed by atoms with Crippen LogP contribution in [0.25, 0.3) is 0 Å². The van der Waals surface area contributed by atoms with E-state index in [-0.39, 0.29) is 19.4 Å². The molecule has 0 aliphatic rings. The Morgan fingerprint density at radius 2 is 0.945 bits per heavy atom. The van der Waals surface area contributed by atoms with E-state index in [4.69, 9.17) is 19.1 Å². The van der Waals surface area contributed by atoms with Crippen molar-refractivity contribution in [1.29, 1.82) is 0 Å². The van der Waals surface area contributed by atoms with Crippen LogP contribution in [0.3, 0.4) is 0 Å². The second kappa shape index (κ2) is 39.6. The molecule has 0 fully saturated rings. The number of rotatable bonds is 38. The maximum atomic E-state index is 12.6. The lowest BCUT2D eigenvalue weighted by molar-refractivity contribution is -0.161. The van der Waals surface area contributed by atoms with Gasteiger partial charge in [-0.05, 0) is 89.9 Å². The Hall–Kier alpha value is -2.59. The summed E-state index contributed by atoms with van der Waals surface area (Å²) in [6, 6.07) is 0. The minimum Gasteiger partial charge on any atom is -0.462 e. The number of phosphoric acid groups is 1. The summed E-state index contributed by atoms with van der Waals surface area (Å²) in [6.07, 6.45) is 44.4. The third-order valence-corrected chi connectivity index (χ3v) is 9.28. The smallest absolute Gasteiger partial charge is 0.462 e. The van der Waals surface area contributed by atoms with Crippen LogP contribution in [0.4, 0.5) is 0 Å². The highest BCUT2D eigenvalue weighted by molar-refractivity contribution is 7.47. The average molecular weight is 795 g/mol. The van der Waals surface area contributed by atoms with Crippen LogP contribution in [0, 0.1) is 0 Å². The van der Waals surface area contributed by atoms with Crippen molar-refractivity contribution in [1.82, 2.24) is 0 Å². The van der Waals surface area contributed by atoms with E-state index in [1.807, 2.05) is 0 Å². The number of allylic oxidation sites excluding steroid dienone is 12. The van der Waals surface area contributed by atoms with E-state index in [2.05, 4.69) is 91.3 Å². The van der Waals surface area contributed by atoms with Gasteiger partial charge < -0.3 is 24.6 Å². The highest BCUT2D eigenvalue weighted by Crippen LogP contribution is 2.43. The molecule has 3 atom stereocenters. The van der Waals surface area contributed by atoms with Crippen LogP contribution in [0.5, 0.6) is 0 Å². The zero-order valence-corrected chi connectivity index (χ0v) is 35.0. The third kappa shape index (κ3) is 39.4. The van der Waals surface area contributed by atoms with Gasteiger partial charge in [-0.15, -0.1) is 0 Å². The fourth-order valence-corrected chi connectivity index (χ4v) is 5.85. The number of phosphoric ester groups is 1. The lowest BCUT2D eigenvalue weighted by Gasteiger charge is -2.20. The van der Waals surface area contributed by atoms with Crippen molar-refractivity contribution in [3.05, 3.63) is 72.9 Å². The van der Waals surface area contributed by atoms with Gasteiger partial charge in [0.2, 0.25) is 0 Å². The highest BCUT2D eigenvalue weighted by atomic mass is 31.2. The summed E-state index contributed by atoms with van der Waals surface area (Å²) in [5.41, 5.74) is 0. The van der Waals surface area contributed by atoms with Gasteiger partial charge in [-0.2, -0.15) is 0 Å². The average Bonchev–Trinajstić information content (AvgIpc) is 3.17. The molecule has 0 aromatic rings. The standard InChI is InChI=1S/C44H75O10P/c1-3-5-7-9-11-13-15-17-19-20-22-23-25-27-29-31-33-35-43(47)51-39-42(40-53-55(49,50)52-38-41(46)37-45)54-44(48)36-34-32-30-28-26-24-21-18-16-14-12-10-8-6-4-2/h11-14,17-19,21-23,26,28,41-42,45-46H,3-10,15-16,20,24-25,27,29-40H2,1-2H3,(H,49,50)/b13-11+,14-12+,19-17+,21-18+,23-22+,28-26+/t41-,42+/m0/s1. The molecule has 1 unspecified atom stereocenters. The largest absolute Gasteiger partial charge is 0.472 e. The van der Waals surface area contributed by atoms with Gasteiger partial charge in [0, 0.05) is 12.8 Å². The van der Waals surface area contributed by atoms with E-state index in [1.165, 1.54) is 44.9 Å². The van der Waals surface area contributed by atoms with Gasteiger partial charge in [-0.3, -0.25) is 18.6 Å². The van der Waals surface area contributed by atoms with Crippen LogP contribution >= 0.6 is 7.82 Å². The predicted molar refractivity (Wildman–Crippen MR) is 223 cm³/mol. The quantitative estimate of drug-likeness (QED) is 0.0239. The van der Waals surface area contributed by atoms with Crippen molar-refractivity contribution in [3.8, 4) is 0 Å². The van der Waals surface area contributed by atoms with E-state index in [0.717, 1.165) is 70.6 Å². The summed E-state index contributed by atoms with van der Waals surface area (Å²) >= 11 is 0. The molecular weight excluding hydrogens is 719 g/mol. The molecule has 0 saturated heterocycles. The molecule has 316 valence electrons. The number of esters is 2. The molecule has 11 heteroatoms. The summed E-state index contributed by atoms with van der Waals surface area (Å²) in [7, 11) is -4.64. The monoisotopic (exact) mass is 795 g/mol. The predicted octanol–water partition coefficient (Wildman–Crippen LogP) is 10.9. The van der Waals surface area contributed by atoms with Crippen LogP contribution in [0.1, 0.15) is 155 Å². The van der Waals surface area contributed by atoms with Crippen molar-refractivity contribution in [3.63, 3.8) is 0 Å². The normalized spacial score (nSPS) is 14.6. The van der Waals surface area contributed by atoms with E-state index < -0.39 is 51.8 Å². The Bertz CT molecular complexity index is 1140. The Labute approximate surface area is 333 Å². The molecule has 0 bridgehead atoms. The number of hydrogen-bond acceptors (Lipinski definition) is 9. The Balaban J connectivity index is 4.44. The van der Waals surface area contributed by atoms with E-state index >= 15 is 0 Å².